The van der Waals surface area contributed by atoms with E-state index in [2.05, 4.69) is 5.32 Å². The predicted molar refractivity (Wildman–Crippen MR) is 97.6 cm³/mol. The van der Waals surface area contributed by atoms with Gasteiger partial charge in [0.05, 0.1) is 4.92 Å². The maximum atomic E-state index is 12.3. The SMILES string of the molecule is CC(OC(=O)c1cc2c(s1)CCCC2)C(=O)Nc1ccccc1[N+](=O)[O-]. The van der Waals surface area contributed by atoms with E-state index in [-0.39, 0.29) is 11.4 Å². The van der Waals surface area contributed by atoms with Crippen LogP contribution in [0.5, 0.6) is 0 Å². The van der Waals surface area contributed by atoms with Crippen molar-refractivity contribution in [1.82, 2.24) is 0 Å². The number of hydrogen-bond acceptors (Lipinski definition) is 6. The Hall–Kier alpha value is -2.74. The fourth-order valence-electron chi connectivity index (χ4n) is 2.84. The van der Waals surface area contributed by atoms with Crippen LogP contribution in [0.2, 0.25) is 0 Å². The number of nitrogens with zero attached hydrogens (tertiary/aromatic N) is 1. The van der Waals surface area contributed by atoms with Crippen molar-refractivity contribution < 1.29 is 19.2 Å². The molecule has 1 heterocycles. The van der Waals surface area contributed by atoms with Gasteiger partial charge in [-0.05, 0) is 50.3 Å². The number of carbonyl (C=O) groups excluding carboxylic acids is 2. The van der Waals surface area contributed by atoms with Gasteiger partial charge in [0.15, 0.2) is 6.10 Å². The van der Waals surface area contributed by atoms with Crippen LogP contribution in [0.1, 0.15) is 39.9 Å². The van der Waals surface area contributed by atoms with Gasteiger partial charge in [0.2, 0.25) is 0 Å². The van der Waals surface area contributed by atoms with Gasteiger partial charge in [-0.25, -0.2) is 4.79 Å². The molecule has 0 bridgehead atoms. The topological polar surface area (TPSA) is 98.5 Å². The van der Waals surface area contributed by atoms with Crippen LogP contribution < -0.4 is 5.32 Å². The molecule has 0 fully saturated rings. The van der Waals surface area contributed by atoms with Gasteiger partial charge in [0, 0.05) is 10.9 Å². The van der Waals surface area contributed by atoms with Crippen LogP contribution in [0.3, 0.4) is 0 Å². The number of aryl methyl sites for hydroxylation is 2. The summed E-state index contributed by atoms with van der Waals surface area (Å²) in [7, 11) is 0. The highest BCUT2D eigenvalue weighted by molar-refractivity contribution is 7.14. The van der Waals surface area contributed by atoms with Gasteiger partial charge in [-0.15, -0.1) is 11.3 Å². The molecule has 136 valence electrons. The first-order valence-corrected chi connectivity index (χ1v) is 9.14. The number of benzene rings is 1. The van der Waals surface area contributed by atoms with Gasteiger partial charge < -0.3 is 10.1 Å². The van der Waals surface area contributed by atoms with Crippen LogP contribution >= 0.6 is 11.3 Å². The molecule has 1 amide bonds. The van der Waals surface area contributed by atoms with Crippen LogP contribution in [0.25, 0.3) is 0 Å². The van der Waals surface area contributed by atoms with Crippen molar-refractivity contribution in [2.24, 2.45) is 0 Å². The van der Waals surface area contributed by atoms with Gasteiger partial charge in [-0.1, -0.05) is 12.1 Å². The number of fused-ring (bicyclic) bond motifs is 1. The van der Waals surface area contributed by atoms with Gasteiger partial charge in [0.1, 0.15) is 10.6 Å². The van der Waals surface area contributed by atoms with Crippen LogP contribution in [0.15, 0.2) is 30.3 Å². The molecule has 0 aliphatic heterocycles. The number of para-hydroxylation sites is 2. The Labute approximate surface area is 154 Å². The lowest BCUT2D eigenvalue weighted by atomic mass is 9.99. The molecule has 0 saturated carbocycles. The summed E-state index contributed by atoms with van der Waals surface area (Å²) in [6.45, 7) is 1.44. The number of nitro groups is 1. The molecule has 3 rings (SSSR count). The highest BCUT2D eigenvalue weighted by atomic mass is 32.1. The molecule has 26 heavy (non-hydrogen) atoms. The van der Waals surface area contributed by atoms with Gasteiger partial charge in [0.25, 0.3) is 11.6 Å². The Kier molecular flexibility index (Phi) is 5.32. The molecule has 0 spiro atoms. The average Bonchev–Trinajstić information content (AvgIpc) is 3.06. The number of esters is 1. The lowest BCUT2D eigenvalue weighted by Gasteiger charge is -2.13. The Morgan fingerprint density at radius 1 is 1.27 bits per heavy atom. The Morgan fingerprint density at radius 2 is 2.00 bits per heavy atom. The van der Waals surface area contributed by atoms with E-state index in [1.54, 1.807) is 6.07 Å². The maximum absolute atomic E-state index is 12.3. The van der Waals surface area contributed by atoms with Crippen LogP contribution in [-0.4, -0.2) is 22.9 Å². The minimum atomic E-state index is -1.07. The molecule has 0 radical (unpaired) electrons. The van der Waals surface area contributed by atoms with Crippen LogP contribution in [0.4, 0.5) is 11.4 Å². The summed E-state index contributed by atoms with van der Waals surface area (Å²) in [6.07, 6.45) is 3.11. The molecule has 8 heteroatoms. The summed E-state index contributed by atoms with van der Waals surface area (Å²) in [5.41, 5.74) is 1.03. The highest BCUT2D eigenvalue weighted by Crippen LogP contribution is 2.30. The molecule has 1 aromatic heterocycles. The van der Waals surface area contributed by atoms with E-state index in [4.69, 9.17) is 4.74 Å². The Bertz CT molecular complexity index is 838. The number of rotatable bonds is 5. The summed E-state index contributed by atoms with van der Waals surface area (Å²) in [4.78, 5) is 36.7. The predicted octanol–water partition coefficient (Wildman–Crippen LogP) is 3.72. The molecule has 2 aromatic rings. The number of carbonyl (C=O) groups is 2. The summed E-state index contributed by atoms with van der Waals surface area (Å²) in [6, 6.07) is 7.65. The molecule has 1 aliphatic carbocycles. The van der Waals surface area contributed by atoms with Crippen molar-refractivity contribution in [1.29, 1.82) is 0 Å². The second-order valence-corrected chi connectivity index (χ2v) is 7.21. The van der Waals surface area contributed by atoms with Crippen LogP contribution in [-0.2, 0) is 22.4 Å². The Balaban J connectivity index is 1.65. The molecule has 7 nitrogen and oxygen atoms in total. The number of amides is 1. The normalized spacial score (nSPS) is 14.2. The molecule has 1 unspecified atom stereocenters. The van der Waals surface area contributed by atoms with Crippen molar-refractivity contribution in [2.45, 2.75) is 38.7 Å². The van der Waals surface area contributed by atoms with Crippen molar-refractivity contribution in [3.63, 3.8) is 0 Å². The van der Waals surface area contributed by atoms with Gasteiger partial charge in [-0.3, -0.25) is 14.9 Å². The third-order valence-corrected chi connectivity index (χ3v) is 5.43. The zero-order valence-corrected chi connectivity index (χ0v) is 15.0. The van der Waals surface area contributed by atoms with E-state index >= 15 is 0 Å². The lowest BCUT2D eigenvalue weighted by Crippen LogP contribution is -2.30. The molecule has 1 aromatic carbocycles. The average molecular weight is 374 g/mol. The highest BCUT2D eigenvalue weighted by Gasteiger charge is 2.24. The first-order chi connectivity index (χ1) is 12.5. The standard InChI is InChI=1S/C18H18N2O5S/c1-11(17(21)19-13-7-3-4-8-14(13)20(23)24)25-18(22)16-10-12-6-2-5-9-15(12)26-16/h3-4,7-8,10-11H,2,5-6,9H2,1H3,(H,19,21). The van der Waals surface area contributed by atoms with Crippen LogP contribution in [0, 0.1) is 10.1 Å². The number of nitrogens with one attached hydrogen (secondary N) is 1. The second-order valence-electron chi connectivity index (χ2n) is 6.08. The van der Waals surface area contributed by atoms with Crippen molar-refractivity contribution in [2.75, 3.05) is 5.32 Å². The lowest BCUT2D eigenvalue weighted by molar-refractivity contribution is -0.383. The van der Waals surface area contributed by atoms with Crippen molar-refractivity contribution in [3.8, 4) is 0 Å². The first-order valence-electron chi connectivity index (χ1n) is 8.32. The molecule has 1 atom stereocenters. The zero-order chi connectivity index (χ0) is 18.7. The van der Waals surface area contributed by atoms with E-state index in [1.807, 2.05) is 6.07 Å². The zero-order valence-electron chi connectivity index (χ0n) is 14.2. The van der Waals surface area contributed by atoms with Crippen molar-refractivity contribution in [3.05, 3.63) is 55.8 Å². The van der Waals surface area contributed by atoms with E-state index in [1.165, 1.54) is 46.9 Å². The van der Waals surface area contributed by atoms with E-state index in [0.717, 1.165) is 25.7 Å². The fourth-order valence-corrected chi connectivity index (χ4v) is 3.97. The first kappa shape index (κ1) is 18.1. The fraction of sp³-hybridized carbons (Fsp3) is 0.333. The molecule has 1 aliphatic rings. The molecular formula is C18H18N2O5S. The molecule has 1 N–H and O–H groups in total. The number of ether oxygens (including phenoxy) is 1. The molecular weight excluding hydrogens is 356 g/mol. The minimum absolute atomic E-state index is 0.0667. The minimum Gasteiger partial charge on any atom is -0.448 e. The number of thiophene rings is 1. The quantitative estimate of drug-likeness (QED) is 0.488. The number of nitro benzene ring substituents is 1. The smallest absolute Gasteiger partial charge is 0.349 e. The second kappa shape index (κ2) is 7.65. The summed E-state index contributed by atoms with van der Waals surface area (Å²) < 4.78 is 5.24. The van der Waals surface area contributed by atoms with Gasteiger partial charge >= 0.3 is 5.97 Å². The van der Waals surface area contributed by atoms with E-state index < -0.39 is 22.9 Å². The van der Waals surface area contributed by atoms with Gasteiger partial charge in [-0.2, -0.15) is 0 Å². The summed E-state index contributed by atoms with van der Waals surface area (Å²) >= 11 is 1.41. The molecule has 0 saturated heterocycles. The van der Waals surface area contributed by atoms with E-state index in [0.29, 0.717) is 4.88 Å². The third kappa shape index (κ3) is 3.91. The Morgan fingerprint density at radius 3 is 2.73 bits per heavy atom. The van der Waals surface area contributed by atoms with E-state index in [9.17, 15) is 19.7 Å². The number of hydrogen-bond donors (Lipinski definition) is 1. The number of anilines is 1. The summed E-state index contributed by atoms with van der Waals surface area (Å²) in [5.74, 6) is -1.16. The largest absolute Gasteiger partial charge is 0.448 e. The third-order valence-electron chi connectivity index (χ3n) is 4.21. The maximum Gasteiger partial charge on any atom is 0.349 e. The monoisotopic (exact) mass is 374 g/mol. The summed E-state index contributed by atoms with van der Waals surface area (Å²) in [5, 5.41) is 13.4. The van der Waals surface area contributed by atoms with Crippen molar-refractivity contribution >= 4 is 34.6 Å².